The Balaban J connectivity index is 1.29. The van der Waals surface area contributed by atoms with E-state index in [2.05, 4.69) is 10.3 Å². The maximum absolute atomic E-state index is 13.9. The topological polar surface area (TPSA) is 127 Å². The van der Waals surface area contributed by atoms with Gasteiger partial charge in [-0.1, -0.05) is 29.8 Å². The van der Waals surface area contributed by atoms with Gasteiger partial charge in [-0.25, -0.2) is 0 Å². The number of carboxylic acid groups (broad SMARTS) is 1. The number of amides is 1. The molecule has 2 fully saturated rings. The van der Waals surface area contributed by atoms with E-state index in [4.69, 9.17) is 30.3 Å². The Morgan fingerprint density at radius 3 is 2.56 bits per heavy atom. The number of halogens is 1. The first-order valence-electron chi connectivity index (χ1n) is 14.7. The second kappa shape index (κ2) is 13.9. The third-order valence-electron chi connectivity index (χ3n) is 8.50. The van der Waals surface area contributed by atoms with Gasteiger partial charge in [0.05, 0.1) is 56.0 Å². The van der Waals surface area contributed by atoms with E-state index in [0.717, 1.165) is 12.8 Å². The molecule has 1 amide bonds. The lowest BCUT2D eigenvalue weighted by molar-refractivity contribution is -0.146. The zero-order valence-corrected chi connectivity index (χ0v) is 25.5. The minimum absolute atomic E-state index is 0.00946. The predicted octanol–water partition coefficient (Wildman–Crippen LogP) is 5.29. The highest BCUT2D eigenvalue weighted by molar-refractivity contribution is 6.35. The number of rotatable bonds is 12. The summed E-state index contributed by atoms with van der Waals surface area (Å²) < 4.78 is 17.6. The van der Waals surface area contributed by atoms with Crippen molar-refractivity contribution in [3.8, 4) is 5.75 Å². The molecule has 43 heavy (non-hydrogen) atoms. The van der Waals surface area contributed by atoms with Crippen LogP contribution in [0.4, 0.5) is 11.7 Å². The predicted molar refractivity (Wildman–Crippen MR) is 162 cm³/mol. The number of likely N-dealkylation sites (N-methyl/N-ethyl adjacent to an activating group) is 1. The molecule has 0 bridgehead atoms. The monoisotopic (exact) mass is 614 g/mol. The molecule has 0 radical (unpaired) electrons. The van der Waals surface area contributed by atoms with Gasteiger partial charge < -0.3 is 34.1 Å². The number of oxazole rings is 1. The highest BCUT2D eigenvalue weighted by Gasteiger charge is 2.38. The van der Waals surface area contributed by atoms with Crippen molar-refractivity contribution in [1.29, 1.82) is 0 Å². The minimum atomic E-state index is -0.734. The Morgan fingerprint density at radius 1 is 1.09 bits per heavy atom. The lowest BCUT2D eigenvalue weighted by Crippen LogP contribution is -2.48. The summed E-state index contributed by atoms with van der Waals surface area (Å²) in [5.41, 5.74) is 2.32. The molecule has 0 unspecified atom stereocenters. The summed E-state index contributed by atoms with van der Waals surface area (Å²) in [4.78, 5) is 37.0. The average molecular weight is 615 g/mol. The molecule has 2 atom stereocenters. The van der Waals surface area contributed by atoms with Crippen LogP contribution in [0.15, 0.2) is 40.8 Å². The van der Waals surface area contributed by atoms with Gasteiger partial charge in [0.1, 0.15) is 11.3 Å². The molecule has 5 rings (SSSR count). The van der Waals surface area contributed by atoms with Crippen molar-refractivity contribution in [2.45, 2.75) is 63.1 Å². The lowest BCUT2D eigenvalue weighted by Gasteiger charge is -2.34. The number of hydrogen-bond donors (Lipinski definition) is 2. The van der Waals surface area contributed by atoms with Gasteiger partial charge in [0, 0.05) is 19.6 Å². The molecule has 1 aliphatic heterocycles. The molecule has 1 saturated carbocycles. The van der Waals surface area contributed by atoms with Crippen molar-refractivity contribution in [2.75, 3.05) is 39.7 Å². The minimum Gasteiger partial charge on any atom is -0.495 e. The molecule has 2 N–H and O–H groups in total. The van der Waals surface area contributed by atoms with Gasteiger partial charge in [-0.2, -0.15) is 10.0 Å². The number of ether oxygens (including phenoxy) is 2. The van der Waals surface area contributed by atoms with Gasteiger partial charge in [-0.15, -0.1) is 0 Å². The van der Waals surface area contributed by atoms with Crippen LogP contribution in [0.5, 0.6) is 5.75 Å². The molecule has 11 nitrogen and oxygen atoms in total. The SMILES string of the molecule is COc1ccccc1Nc1nc2ccc(CC(=O)N3[C@H](COC4CCC(C(=O)O)CC4)CC[C@H]3CN(C)OC)c(Cl)c2o1. The first kappa shape index (κ1) is 31.1. The smallest absolute Gasteiger partial charge is 0.306 e. The van der Waals surface area contributed by atoms with E-state index in [1.54, 1.807) is 25.3 Å². The van der Waals surface area contributed by atoms with E-state index in [9.17, 15) is 14.7 Å². The van der Waals surface area contributed by atoms with E-state index in [1.165, 1.54) is 0 Å². The number of benzene rings is 2. The average Bonchev–Trinajstić information content (AvgIpc) is 3.61. The maximum Gasteiger partial charge on any atom is 0.306 e. The fourth-order valence-corrected chi connectivity index (χ4v) is 6.38. The first-order valence-corrected chi connectivity index (χ1v) is 15.0. The Bertz CT molecular complexity index is 1420. The van der Waals surface area contributed by atoms with Crippen LogP contribution in [0.2, 0.25) is 5.02 Å². The number of hydrogen-bond acceptors (Lipinski definition) is 9. The number of carbonyl (C=O) groups is 2. The number of fused-ring (bicyclic) bond motifs is 1. The van der Waals surface area contributed by atoms with Crippen molar-refractivity contribution >= 4 is 46.3 Å². The fraction of sp³-hybridized carbons (Fsp3) is 0.516. The number of aliphatic carboxylic acids is 1. The van der Waals surface area contributed by atoms with Crippen molar-refractivity contribution in [3.05, 3.63) is 47.0 Å². The molecule has 2 aromatic carbocycles. The molecule has 232 valence electrons. The molecule has 1 aromatic heterocycles. The van der Waals surface area contributed by atoms with Crippen LogP contribution >= 0.6 is 11.6 Å². The first-order chi connectivity index (χ1) is 20.8. The molecule has 1 aliphatic carbocycles. The number of carboxylic acids is 1. The summed E-state index contributed by atoms with van der Waals surface area (Å²) in [7, 11) is 5.05. The van der Waals surface area contributed by atoms with Gasteiger partial charge in [0.15, 0.2) is 5.58 Å². The van der Waals surface area contributed by atoms with Crippen LogP contribution in [0.3, 0.4) is 0 Å². The van der Waals surface area contributed by atoms with Crippen molar-refractivity contribution in [2.24, 2.45) is 5.92 Å². The Morgan fingerprint density at radius 2 is 1.84 bits per heavy atom. The van der Waals surface area contributed by atoms with E-state index < -0.39 is 5.97 Å². The number of nitrogens with one attached hydrogen (secondary N) is 1. The summed E-state index contributed by atoms with van der Waals surface area (Å²) in [5, 5.41) is 14.5. The van der Waals surface area contributed by atoms with Gasteiger partial charge >= 0.3 is 5.97 Å². The second-order valence-corrected chi connectivity index (χ2v) is 11.6. The molecule has 2 aliphatic rings. The van der Waals surface area contributed by atoms with Gasteiger partial charge in [-0.05, 0) is 62.3 Å². The highest BCUT2D eigenvalue weighted by atomic mass is 35.5. The number of likely N-dealkylation sites (tertiary alicyclic amines) is 1. The molecule has 1 saturated heterocycles. The van der Waals surface area contributed by atoms with Crippen LogP contribution in [-0.4, -0.2) is 84.5 Å². The number of aromatic nitrogens is 1. The summed E-state index contributed by atoms with van der Waals surface area (Å²) >= 11 is 6.79. The number of nitrogens with zero attached hydrogens (tertiary/aromatic N) is 3. The normalized spacial score (nSPS) is 22.3. The van der Waals surface area contributed by atoms with Crippen LogP contribution in [-0.2, 0) is 25.6 Å². The largest absolute Gasteiger partial charge is 0.495 e. The molecular formula is C31H39ClN4O7. The standard InChI is InChI=1S/C31H39ClN4O7/c1-35(41-3)17-21-11-12-22(18-42-23-13-8-19(9-14-23)30(38)39)36(21)27(37)16-20-10-15-25-29(28(20)32)43-31(34-25)33-24-6-4-5-7-26(24)40-2/h4-7,10,15,19,21-23H,8-9,11-14,16-18H2,1-3H3,(H,33,34)(H,38,39)/t19?,21-,22-,23?/m0/s1. The van der Waals surface area contributed by atoms with Crippen LogP contribution in [0, 0.1) is 5.92 Å². The number of methoxy groups -OCH3 is 1. The summed E-state index contributed by atoms with van der Waals surface area (Å²) in [6.07, 6.45) is 4.41. The molecule has 3 aromatic rings. The zero-order chi connectivity index (χ0) is 30.5. The molecular weight excluding hydrogens is 576 g/mol. The van der Waals surface area contributed by atoms with E-state index in [-0.39, 0.29) is 42.4 Å². The van der Waals surface area contributed by atoms with Gasteiger partial charge in [0.2, 0.25) is 5.91 Å². The van der Waals surface area contributed by atoms with Crippen LogP contribution < -0.4 is 10.1 Å². The fourth-order valence-electron chi connectivity index (χ4n) is 6.11. The summed E-state index contributed by atoms with van der Waals surface area (Å²) in [5.74, 6) is -0.434. The van der Waals surface area contributed by atoms with Gasteiger partial charge in [-0.3, -0.25) is 9.59 Å². The van der Waals surface area contributed by atoms with Crippen LogP contribution in [0.25, 0.3) is 11.1 Å². The Kier molecular flexibility index (Phi) is 10.1. The quantitative estimate of drug-likeness (QED) is 0.260. The molecule has 0 spiro atoms. The maximum atomic E-state index is 13.9. The number of hydroxylamine groups is 2. The van der Waals surface area contributed by atoms with E-state index >= 15 is 0 Å². The van der Waals surface area contributed by atoms with E-state index in [0.29, 0.717) is 72.0 Å². The van der Waals surface area contributed by atoms with E-state index in [1.807, 2.05) is 42.3 Å². The number of para-hydroxylation sites is 2. The number of anilines is 2. The van der Waals surface area contributed by atoms with Crippen molar-refractivity contribution in [1.82, 2.24) is 14.9 Å². The lowest BCUT2D eigenvalue weighted by atomic mass is 9.87. The molecule has 12 heteroatoms. The van der Waals surface area contributed by atoms with Crippen LogP contribution in [0.1, 0.15) is 44.1 Å². The Hall–Kier alpha value is -3.38. The van der Waals surface area contributed by atoms with Crippen molar-refractivity contribution in [3.63, 3.8) is 0 Å². The second-order valence-electron chi connectivity index (χ2n) is 11.2. The third-order valence-corrected chi connectivity index (χ3v) is 8.92. The molecule has 2 heterocycles. The Labute approximate surface area is 256 Å². The van der Waals surface area contributed by atoms with Gasteiger partial charge in [0.25, 0.3) is 6.01 Å². The highest BCUT2D eigenvalue weighted by Crippen LogP contribution is 2.35. The summed E-state index contributed by atoms with van der Waals surface area (Å²) in [6.45, 7) is 0.976. The summed E-state index contributed by atoms with van der Waals surface area (Å²) in [6, 6.07) is 11.2. The van der Waals surface area contributed by atoms with Crippen molar-refractivity contribution < 1.29 is 33.4 Å². The third kappa shape index (κ3) is 7.23. The number of carbonyl (C=O) groups excluding carboxylic acids is 1. The zero-order valence-electron chi connectivity index (χ0n) is 24.8.